The van der Waals surface area contributed by atoms with Crippen LogP contribution in [0, 0.1) is 11.8 Å². The fourth-order valence-corrected chi connectivity index (χ4v) is 1.84. The van der Waals surface area contributed by atoms with Gasteiger partial charge < -0.3 is 11.1 Å². The highest BCUT2D eigenvalue weighted by atomic mass is 32.2. The Morgan fingerprint density at radius 2 is 2.33 bits per heavy atom. The first-order valence-corrected chi connectivity index (χ1v) is 6.76. The summed E-state index contributed by atoms with van der Waals surface area (Å²) in [7, 11) is 0. The van der Waals surface area contributed by atoms with E-state index in [1.165, 1.54) is 11.8 Å². The average Bonchev–Trinajstić information content (AvgIpc) is 2.27. The standard InChI is InChI=1S/C13H14N2OS2/c1-10(16)18-8-3-2-5-11-6-4-7-12(9-11)15-13(14)17/h4,6-7,9H,3,8H2,1H3,(H3,14,15,17). The Kier molecular flexibility index (Phi) is 6.26. The van der Waals surface area contributed by atoms with Crippen molar-refractivity contribution in [3.8, 4) is 11.8 Å². The van der Waals surface area contributed by atoms with Gasteiger partial charge in [-0.2, -0.15) is 0 Å². The quantitative estimate of drug-likeness (QED) is 0.505. The van der Waals surface area contributed by atoms with E-state index in [1.54, 1.807) is 6.92 Å². The summed E-state index contributed by atoms with van der Waals surface area (Å²) in [5, 5.41) is 3.21. The second kappa shape index (κ2) is 7.75. The third-order valence-electron chi connectivity index (χ3n) is 1.90. The third-order valence-corrected chi connectivity index (χ3v) is 2.81. The minimum Gasteiger partial charge on any atom is -0.376 e. The molecule has 0 atom stereocenters. The van der Waals surface area contributed by atoms with Gasteiger partial charge in [-0.25, -0.2) is 0 Å². The van der Waals surface area contributed by atoms with Crippen LogP contribution in [0.5, 0.6) is 0 Å². The fraction of sp³-hybridized carbons (Fsp3) is 0.231. The van der Waals surface area contributed by atoms with Crippen molar-refractivity contribution in [2.45, 2.75) is 13.3 Å². The fourth-order valence-electron chi connectivity index (χ4n) is 1.23. The average molecular weight is 278 g/mol. The minimum atomic E-state index is 0.124. The molecule has 0 spiro atoms. The van der Waals surface area contributed by atoms with Crippen LogP contribution in [0.4, 0.5) is 5.69 Å². The van der Waals surface area contributed by atoms with Crippen molar-refractivity contribution in [3.05, 3.63) is 29.8 Å². The first-order valence-electron chi connectivity index (χ1n) is 5.36. The normalized spacial score (nSPS) is 9.17. The molecule has 1 rings (SSSR count). The maximum absolute atomic E-state index is 10.7. The van der Waals surface area contributed by atoms with E-state index >= 15 is 0 Å². The van der Waals surface area contributed by atoms with Gasteiger partial charge in [0.2, 0.25) is 0 Å². The number of thioether (sulfide) groups is 1. The Labute approximate surface area is 117 Å². The molecule has 18 heavy (non-hydrogen) atoms. The predicted octanol–water partition coefficient (Wildman–Crippen LogP) is 2.36. The number of rotatable bonds is 3. The number of anilines is 1. The first kappa shape index (κ1) is 14.6. The van der Waals surface area contributed by atoms with Crippen molar-refractivity contribution >= 4 is 39.9 Å². The van der Waals surface area contributed by atoms with Crippen LogP contribution in [0.25, 0.3) is 0 Å². The van der Waals surface area contributed by atoms with Gasteiger partial charge in [0.1, 0.15) is 0 Å². The summed E-state index contributed by atoms with van der Waals surface area (Å²) >= 11 is 6.05. The third kappa shape index (κ3) is 6.28. The summed E-state index contributed by atoms with van der Waals surface area (Å²) in [5.41, 5.74) is 7.11. The molecule has 0 amide bonds. The highest BCUT2D eigenvalue weighted by Crippen LogP contribution is 2.09. The Morgan fingerprint density at radius 3 is 3.00 bits per heavy atom. The van der Waals surface area contributed by atoms with Gasteiger partial charge in [-0.1, -0.05) is 29.7 Å². The van der Waals surface area contributed by atoms with Crippen molar-refractivity contribution in [1.82, 2.24) is 0 Å². The predicted molar refractivity (Wildman–Crippen MR) is 81.5 cm³/mol. The van der Waals surface area contributed by atoms with Gasteiger partial charge in [0.05, 0.1) is 0 Å². The lowest BCUT2D eigenvalue weighted by molar-refractivity contribution is -0.109. The van der Waals surface area contributed by atoms with E-state index in [2.05, 4.69) is 17.2 Å². The van der Waals surface area contributed by atoms with E-state index in [1.807, 2.05) is 24.3 Å². The van der Waals surface area contributed by atoms with E-state index in [9.17, 15) is 4.79 Å². The van der Waals surface area contributed by atoms with Crippen LogP contribution < -0.4 is 11.1 Å². The number of benzene rings is 1. The number of hydrogen-bond acceptors (Lipinski definition) is 3. The maximum Gasteiger partial charge on any atom is 0.185 e. The number of carbonyl (C=O) groups is 1. The Balaban J connectivity index is 2.54. The molecule has 0 unspecified atom stereocenters. The van der Waals surface area contributed by atoms with Crippen molar-refractivity contribution < 1.29 is 4.79 Å². The highest BCUT2D eigenvalue weighted by molar-refractivity contribution is 8.13. The van der Waals surface area contributed by atoms with Gasteiger partial charge >= 0.3 is 0 Å². The molecule has 1 aromatic rings. The molecule has 0 saturated heterocycles. The lowest BCUT2D eigenvalue weighted by atomic mass is 10.2. The summed E-state index contributed by atoms with van der Waals surface area (Å²) < 4.78 is 0. The second-order valence-electron chi connectivity index (χ2n) is 3.46. The molecule has 0 heterocycles. The monoisotopic (exact) mass is 278 g/mol. The zero-order valence-corrected chi connectivity index (χ0v) is 11.7. The lowest BCUT2D eigenvalue weighted by Crippen LogP contribution is -2.18. The van der Waals surface area contributed by atoms with Crippen LogP contribution in [-0.4, -0.2) is 16.0 Å². The zero-order chi connectivity index (χ0) is 13.4. The van der Waals surface area contributed by atoms with Crippen molar-refractivity contribution in [2.24, 2.45) is 5.73 Å². The minimum absolute atomic E-state index is 0.124. The first-order chi connectivity index (χ1) is 8.58. The Hall–Kier alpha value is -1.51. The smallest absolute Gasteiger partial charge is 0.185 e. The Bertz CT molecular complexity index is 503. The Morgan fingerprint density at radius 1 is 1.56 bits per heavy atom. The molecule has 0 aliphatic heterocycles. The summed E-state index contributed by atoms with van der Waals surface area (Å²) in [4.78, 5) is 10.7. The molecule has 0 aliphatic carbocycles. The van der Waals surface area contributed by atoms with Gasteiger partial charge in [-0.15, -0.1) is 0 Å². The molecule has 3 N–H and O–H groups in total. The molecule has 0 radical (unpaired) electrons. The summed E-state index contributed by atoms with van der Waals surface area (Å²) in [6.45, 7) is 1.56. The van der Waals surface area contributed by atoms with Gasteiger partial charge in [-0.05, 0) is 30.4 Å². The van der Waals surface area contributed by atoms with Crippen LogP contribution in [-0.2, 0) is 4.79 Å². The van der Waals surface area contributed by atoms with E-state index in [0.29, 0.717) is 6.42 Å². The van der Waals surface area contributed by atoms with Crippen LogP contribution in [0.2, 0.25) is 0 Å². The van der Waals surface area contributed by atoms with Gasteiger partial charge in [0.15, 0.2) is 10.2 Å². The van der Waals surface area contributed by atoms with Gasteiger partial charge in [-0.3, -0.25) is 4.79 Å². The van der Waals surface area contributed by atoms with E-state index < -0.39 is 0 Å². The number of carbonyl (C=O) groups excluding carboxylic acids is 1. The molecule has 0 bridgehead atoms. The van der Waals surface area contributed by atoms with E-state index in [0.717, 1.165) is 17.0 Å². The van der Waals surface area contributed by atoms with Crippen LogP contribution in [0.15, 0.2) is 24.3 Å². The van der Waals surface area contributed by atoms with Crippen LogP contribution in [0.3, 0.4) is 0 Å². The van der Waals surface area contributed by atoms with Crippen molar-refractivity contribution in [2.75, 3.05) is 11.1 Å². The SMILES string of the molecule is CC(=O)SCCC#Cc1cccc(NC(N)=S)c1. The largest absolute Gasteiger partial charge is 0.376 e. The van der Waals surface area contributed by atoms with Crippen LogP contribution >= 0.6 is 24.0 Å². The number of hydrogen-bond donors (Lipinski definition) is 2. The topological polar surface area (TPSA) is 55.1 Å². The summed E-state index contributed by atoms with van der Waals surface area (Å²) in [5.74, 6) is 6.79. The van der Waals surface area contributed by atoms with Gasteiger partial charge in [0.25, 0.3) is 0 Å². The molecule has 94 valence electrons. The van der Waals surface area contributed by atoms with E-state index in [-0.39, 0.29) is 10.2 Å². The maximum atomic E-state index is 10.7. The van der Waals surface area contributed by atoms with Gasteiger partial charge in [0, 0.05) is 30.3 Å². The molecular formula is C13H14N2OS2. The number of thiocarbonyl (C=S) groups is 1. The van der Waals surface area contributed by atoms with Crippen LogP contribution in [0.1, 0.15) is 18.9 Å². The van der Waals surface area contributed by atoms with Crippen molar-refractivity contribution in [3.63, 3.8) is 0 Å². The molecule has 1 aromatic carbocycles. The second-order valence-corrected chi connectivity index (χ2v) is 5.17. The molecule has 0 saturated carbocycles. The number of nitrogens with two attached hydrogens (primary N) is 1. The summed E-state index contributed by atoms with van der Waals surface area (Å²) in [6.07, 6.45) is 0.692. The van der Waals surface area contributed by atoms with E-state index in [4.69, 9.17) is 18.0 Å². The zero-order valence-electron chi connectivity index (χ0n) is 10.0. The molecule has 0 aromatic heterocycles. The highest BCUT2D eigenvalue weighted by Gasteiger charge is 1.94. The molecular weight excluding hydrogens is 264 g/mol. The molecule has 5 heteroatoms. The summed E-state index contributed by atoms with van der Waals surface area (Å²) in [6, 6.07) is 7.55. The lowest BCUT2D eigenvalue weighted by Gasteiger charge is -2.02. The molecule has 3 nitrogen and oxygen atoms in total. The number of nitrogens with one attached hydrogen (secondary N) is 1. The molecule has 0 fully saturated rings. The molecule has 0 aliphatic rings. The van der Waals surface area contributed by atoms with Crippen molar-refractivity contribution in [1.29, 1.82) is 0 Å².